The van der Waals surface area contributed by atoms with Gasteiger partial charge in [-0.15, -0.1) is 0 Å². The first-order chi connectivity index (χ1) is 7.24. The average Bonchev–Trinajstić information content (AvgIpc) is 2.16. The minimum atomic E-state index is -4.14. The first-order valence-corrected chi connectivity index (χ1v) is 5.35. The van der Waals surface area contributed by atoms with E-state index in [1.807, 2.05) is 0 Å². The molecule has 1 rings (SSSR count). The Balaban J connectivity index is 2.89. The van der Waals surface area contributed by atoms with Crippen molar-refractivity contribution in [3.05, 3.63) is 42.5 Å². The molecule has 0 unspecified atom stereocenters. The largest absolute Gasteiger partial charge is 0.229 e. The van der Waals surface area contributed by atoms with Gasteiger partial charge in [0.15, 0.2) is 9.84 Å². The van der Waals surface area contributed by atoms with Crippen molar-refractivity contribution in [2.24, 2.45) is 0 Å². The number of hydrogen-bond donors (Lipinski definition) is 0. The van der Waals surface area contributed by atoms with Gasteiger partial charge in [0.2, 0.25) is 0 Å². The van der Waals surface area contributed by atoms with Crippen LogP contribution in [0, 0.1) is 0 Å². The van der Waals surface area contributed by atoms with Crippen LogP contribution < -0.4 is 0 Å². The molecule has 0 fully saturated rings. The third-order valence-corrected chi connectivity index (χ3v) is 2.27. The zero-order chi connectivity index (χ0) is 12.4. The molecule has 0 aliphatic carbocycles. The average molecular weight is 199 g/mol. The Morgan fingerprint density at radius 2 is 2.08 bits per heavy atom. The van der Waals surface area contributed by atoms with Crippen molar-refractivity contribution >= 4 is 15.4 Å². The molecular weight excluding hydrogens is 184 g/mol. The van der Waals surface area contributed by atoms with Crippen LogP contribution in [0.5, 0.6) is 0 Å². The van der Waals surface area contributed by atoms with Crippen molar-refractivity contribution in [2.75, 3.05) is 11.9 Å². The van der Waals surface area contributed by atoms with Crippen LogP contribution in [-0.4, -0.2) is 20.4 Å². The van der Waals surface area contributed by atoms with Crippen LogP contribution in [0.25, 0.3) is 5.57 Å². The lowest BCUT2D eigenvalue weighted by molar-refractivity contribution is 0.605. The van der Waals surface area contributed by atoms with E-state index in [1.54, 1.807) is 30.3 Å². The first-order valence-electron chi connectivity index (χ1n) is 5.19. The van der Waals surface area contributed by atoms with Crippen LogP contribution >= 0.6 is 0 Å². The molecule has 0 heterocycles. The molecule has 13 heavy (non-hydrogen) atoms. The van der Waals surface area contributed by atoms with Crippen LogP contribution in [0.1, 0.15) is 9.68 Å². The standard InChI is InChI=1S/C10H12O2S/c1-9(8-13(2,11)12)10-6-4-3-5-7-10/h3-7H,1,8H2,2H3/i2D3. The summed E-state index contributed by atoms with van der Waals surface area (Å²) in [7, 11) is -4.14. The maximum absolute atomic E-state index is 11.4. The van der Waals surface area contributed by atoms with Crippen molar-refractivity contribution < 1.29 is 12.5 Å². The Hall–Kier alpha value is -1.09. The van der Waals surface area contributed by atoms with Gasteiger partial charge in [-0.05, 0) is 11.1 Å². The Labute approximate surface area is 83.0 Å². The van der Waals surface area contributed by atoms with Gasteiger partial charge in [0.1, 0.15) is 0 Å². The minimum absolute atomic E-state index is 0.289. The van der Waals surface area contributed by atoms with Crippen LogP contribution in [0.4, 0.5) is 0 Å². The van der Waals surface area contributed by atoms with Gasteiger partial charge < -0.3 is 0 Å². The van der Waals surface area contributed by atoms with Crippen molar-refractivity contribution in [3.63, 3.8) is 0 Å². The molecule has 0 saturated heterocycles. The summed E-state index contributed by atoms with van der Waals surface area (Å²) in [6, 6.07) is 8.65. The fourth-order valence-electron chi connectivity index (χ4n) is 0.987. The summed E-state index contributed by atoms with van der Waals surface area (Å²) in [4.78, 5) is 0. The molecule has 0 atom stereocenters. The third kappa shape index (κ3) is 3.42. The van der Waals surface area contributed by atoms with Gasteiger partial charge in [0, 0.05) is 10.3 Å². The fraction of sp³-hybridized carbons (Fsp3) is 0.200. The molecular formula is C10H12O2S. The van der Waals surface area contributed by atoms with E-state index in [9.17, 15) is 8.42 Å². The van der Waals surface area contributed by atoms with Crippen LogP contribution in [-0.2, 0) is 9.84 Å². The third-order valence-electron chi connectivity index (χ3n) is 1.55. The summed E-state index contributed by atoms with van der Waals surface area (Å²) < 4.78 is 43.5. The number of benzene rings is 1. The van der Waals surface area contributed by atoms with E-state index in [0.29, 0.717) is 5.56 Å². The second-order valence-corrected chi connectivity index (χ2v) is 4.25. The van der Waals surface area contributed by atoms with Gasteiger partial charge in [-0.3, -0.25) is 0 Å². The molecule has 1 aromatic carbocycles. The minimum Gasteiger partial charge on any atom is -0.229 e. The maximum atomic E-state index is 11.4. The van der Waals surface area contributed by atoms with Crippen LogP contribution in [0.15, 0.2) is 36.9 Å². The SMILES string of the molecule is [2H]C([2H])([2H])S(=O)(=O)CC(=C)c1ccccc1. The van der Waals surface area contributed by atoms with Gasteiger partial charge in [0.25, 0.3) is 0 Å². The summed E-state index contributed by atoms with van der Waals surface area (Å²) in [5.74, 6) is -0.548. The lowest BCUT2D eigenvalue weighted by Gasteiger charge is -2.03. The van der Waals surface area contributed by atoms with Gasteiger partial charge >= 0.3 is 0 Å². The molecule has 2 nitrogen and oxygen atoms in total. The second-order valence-electron chi connectivity index (χ2n) is 2.73. The molecule has 3 heteroatoms. The first kappa shape index (κ1) is 6.38. The number of hydrogen-bond acceptors (Lipinski definition) is 2. The molecule has 0 saturated carbocycles. The predicted molar refractivity (Wildman–Crippen MR) is 55.2 cm³/mol. The molecule has 0 radical (unpaired) electrons. The normalized spacial score (nSPS) is 15.5. The van der Waals surface area contributed by atoms with Crippen molar-refractivity contribution in [1.29, 1.82) is 0 Å². The molecule has 0 bridgehead atoms. The highest BCUT2D eigenvalue weighted by molar-refractivity contribution is 7.91. The molecule has 70 valence electrons. The van der Waals surface area contributed by atoms with E-state index in [0.717, 1.165) is 0 Å². The smallest absolute Gasteiger partial charge is 0.151 e. The predicted octanol–water partition coefficient (Wildman–Crippen LogP) is 1.74. The topological polar surface area (TPSA) is 34.1 Å². The summed E-state index contributed by atoms with van der Waals surface area (Å²) in [5.41, 5.74) is 0.923. The Bertz CT molecular complexity index is 475. The highest BCUT2D eigenvalue weighted by atomic mass is 32.2. The lowest BCUT2D eigenvalue weighted by Crippen LogP contribution is -2.04. The molecule has 0 spiro atoms. The Kier molecular flexibility index (Phi) is 1.84. The molecule has 1 aromatic rings. The zero-order valence-electron chi connectivity index (χ0n) is 10.0. The van der Waals surface area contributed by atoms with E-state index in [1.165, 1.54) is 0 Å². The lowest BCUT2D eigenvalue weighted by atomic mass is 10.1. The monoisotopic (exact) mass is 199 g/mol. The van der Waals surface area contributed by atoms with Crippen LogP contribution in [0.3, 0.4) is 0 Å². The summed E-state index contributed by atoms with van der Waals surface area (Å²) in [6.07, 6.45) is -2.98. The highest BCUT2D eigenvalue weighted by Crippen LogP contribution is 2.12. The number of sulfone groups is 1. The molecule has 0 aliphatic heterocycles. The molecule has 0 aromatic heterocycles. The van der Waals surface area contributed by atoms with E-state index in [-0.39, 0.29) is 5.57 Å². The second kappa shape index (κ2) is 3.75. The van der Waals surface area contributed by atoms with E-state index in [2.05, 4.69) is 6.58 Å². The van der Waals surface area contributed by atoms with E-state index < -0.39 is 21.8 Å². The van der Waals surface area contributed by atoms with Gasteiger partial charge in [-0.1, -0.05) is 36.9 Å². The fourth-order valence-corrected chi connectivity index (χ4v) is 1.61. The number of rotatable bonds is 3. The zero-order valence-corrected chi connectivity index (χ0v) is 7.84. The van der Waals surface area contributed by atoms with E-state index >= 15 is 0 Å². The van der Waals surface area contributed by atoms with E-state index in [4.69, 9.17) is 4.11 Å². The van der Waals surface area contributed by atoms with Crippen molar-refractivity contribution in [1.82, 2.24) is 0 Å². The summed E-state index contributed by atoms with van der Waals surface area (Å²) in [5, 5.41) is 0. The quantitative estimate of drug-likeness (QED) is 0.743. The van der Waals surface area contributed by atoms with Gasteiger partial charge in [-0.25, -0.2) is 8.42 Å². The molecule has 0 amide bonds. The Morgan fingerprint density at radius 1 is 1.46 bits per heavy atom. The molecule has 0 N–H and O–H groups in total. The van der Waals surface area contributed by atoms with Crippen LogP contribution in [0.2, 0.25) is 0 Å². The van der Waals surface area contributed by atoms with Gasteiger partial charge in [-0.2, -0.15) is 0 Å². The summed E-state index contributed by atoms with van der Waals surface area (Å²) in [6.45, 7) is 3.59. The summed E-state index contributed by atoms with van der Waals surface area (Å²) >= 11 is 0. The van der Waals surface area contributed by atoms with Crippen molar-refractivity contribution in [3.8, 4) is 0 Å². The maximum Gasteiger partial charge on any atom is 0.151 e. The van der Waals surface area contributed by atoms with Gasteiger partial charge in [0.05, 0.1) is 5.75 Å². The Morgan fingerprint density at radius 3 is 2.62 bits per heavy atom. The highest BCUT2D eigenvalue weighted by Gasteiger charge is 2.06. The van der Waals surface area contributed by atoms with Crippen molar-refractivity contribution in [2.45, 2.75) is 0 Å². The molecule has 0 aliphatic rings.